The fourth-order valence-corrected chi connectivity index (χ4v) is 3.58. The van der Waals surface area contributed by atoms with E-state index in [1.165, 1.54) is 24.3 Å². The van der Waals surface area contributed by atoms with Crippen molar-refractivity contribution in [3.63, 3.8) is 0 Å². The summed E-state index contributed by atoms with van der Waals surface area (Å²) in [7, 11) is 0. The molecule has 3 rings (SSSR count). The van der Waals surface area contributed by atoms with Gasteiger partial charge in [0.25, 0.3) is 23.6 Å². The lowest BCUT2D eigenvalue weighted by Crippen LogP contribution is -2.35. The molecule has 0 aliphatic rings. The first-order valence-electron chi connectivity index (χ1n) is 13.2. The van der Waals surface area contributed by atoms with E-state index in [-0.39, 0.29) is 22.5 Å². The number of hydrogen-bond acceptors (Lipinski definition) is 4. The zero-order chi connectivity index (χ0) is 28.7. The van der Waals surface area contributed by atoms with Crippen molar-refractivity contribution in [3.8, 4) is 0 Å². The molecule has 40 heavy (non-hydrogen) atoms. The third-order valence-corrected chi connectivity index (χ3v) is 5.69. The van der Waals surface area contributed by atoms with E-state index in [1.807, 2.05) is 74.5 Å². The van der Waals surface area contributed by atoms with Crippen molar-refractivity contribution in [2.75, 3.05) is 13.1 Å². The first kappa shape index (κ1) is 29.6. The van der Waals surface area contributed by atoms with Gasteiger partial charge < -0.3 is 21.3 Å². The summed E-state index contributed by atoms with van der Waals surface area (Å²) >= 11 is 0. The summed E-state index contributed by atoms with van der Waals surface area (Å²) in [6.45, 7) is 4.83. The standard InChI is InChI=1S/C32H34N4O4/c1-3-19-33-31(39)27(21-23-11-7-5-8-12-23)35-29(37)25-15-17-26(18-16-25)30(38)36-28(32(40)34-20-4-2)22-24-13-9-6-10-14-24/h5-18,21-22H,3-4,19-20H2,1-2H3,(H,33,39)(H,34,40)(H,35,37)(H,36,38)/b27-21+,28-22+. The Morgan fingerprint density at radius 2 is 0.900 bits per heavy atom. The molecule has 0 heterocycles. The highest BCUT2D eigenvalue weighted by Crippen LogP contribution is 2.11. The second-order valence-electron chi connectivity index (χ2n) is 8.93. The third-order valence-electron chi connectivity index (χ3n) is 5.69. The van der Waals surface area contributed by atoms with Gasteiger partial charge in [0.2, 0.25) is 0 Å². The van der Waals surface area contributed by atoms with Crippen molar-refractivity contribution in [1.82, 2.24) is 21.3 Å². The van der Waals surface area contributed by atoms with Gasteiger partial charge in [-0.15, -0.1) is 0 Å². The van der Waals surface area contributed by atoms with Gasteiger partial charge in [0.15, 0.2) is 0 Å². The summed E-state index contributed by atoms with van der Waals surface area (Å²) in [5.41, 5.74) is 2.28. The van der Waals surface area contributed by atoms with Crippen LogP contribution in [0.5, 0.6) is 0 Å². The Kier molecular flexibility index (Phi) is 11.4. The lowest BCUT2D eigenvalue weighted by Gasteiger charge is -2.12. The molecule has 0 aliphatic heterocycles. The molecule has 0 saturated heterocycles. The Bertz CT molecular complexity index is 1260. The molecule has 0 saturated carbocycles. The molecule has 0 aliphatic carbocycles. The lowest BCUT2D eigenvalue weighted by molar-refractivity contribution is -0.118. The van der Waals surface area contributed by atoms with Gasteiger partial charge in [0.05, 0.1) is 0 Å². The van der Waals surface area contributed by atoms with Gasteiger partial charge in [-0.1, -0.05) is 74.5 Å². The third kappa shape index (κ3) is 9.09. The van der Waals surface area contributed by atoms with E-state index in [0.29, 0.717) is 13.1 Å². The fourth-order valence-electron chi connectivity index (χ4n) is 3.58. The monoisotopic (exact) mass is 538 g/mol. The van der Waals surface area contributed by atoms with Crippen LogP contribution in [-0.4, -0.2) is 36.7 Å². The van der Waals surface area contributed by atoms with Crippen LogP contribution in [0.3, 0.4) is 0 Å². The highest BCUT2D eigenvalue weighted by molar-refractivity contribution is 6.07. The number of benzene rings is 3. The summed E-state index contributed by atoms with van der Waals surface area (Å²) < 4.78 is 0. The van der Waals surface area contributed by atoms with Crippen molar-refractivity contribution in [1.29, 1.82) is 0 Å². The van der Waals surface area contributed by atoms with E-state index in [0.717, 1.165) is 24.0 Å². The largest absolute Gasteiger partial charge is 0.351 e. The van der Waals surface area contributed by atoms with Gasteiger partial charge in [-0.3, -0.25) is 19.2 Å². The highest BCUT2D eigenvalue weighted by Gasteiger charge is 2.17. The van der Waals surface area contributed by atoms with Crippen LogP contribution in [0.15, 0.2) is 96.3 Å². The van der Waals surface area contributed by atoms with Gasteiger partial charge in [-0.25, -0.2) is 0 Å². The highest BCUT2D eigenvalue weighted by atomic mass is 16.2. The van der Waals surface area contributed by atoms with E-state index in [1.54, 1.807) is 12.2 Å². The second kappa shape index (κ2) is 15.4. The molecular weight excluding hydrogens is 504 g/mol. The molecule has 0 spiro atoms. The van der Waals surface area contributed by atoms with Crippen LogP contribution in [0.1, 0.15) is 58.5 Å². The lowest BCUT2D eigenvalue weighted by atomic mass is 10.1. The van der Waals surface area contributed by atoms with Crippen LogP contribution in [0.2, 0.25) is 0 Å². The molecule has 8 heteroatoms. The number of carbonyl (C=O) groups excluding carboxylic acids is 4. The average Bonchev–Trinajstić information content (AvgIpc) is 2.99. The molecule has 206 valence electrons. The minimum absolute atomic E-state index is 0.111. The molecule has 0 aromatic heterocycles. The van der Waals surface area contributed by atoms with E-state index >= 15 is 0 Å². The minimum Gasteiger partial charge on any atom is -0.351 e. The molecular formula is C32H34N4O4. The van der Waals surface area contributed by atoms with Gasteiger partial charge in [-0.2, -0.15) is 0 Å². The van der Waals surface area contributed by atoms with Crippen molar-refractivity contribution in [3.05, 3.63) is 119 Å². The predicted molar refractivity (Wildman–Crippen MR) is 157 cm³/mol. The SMILES string of the molecule is CCCNC(=O)/C(=C\c1ccccc1)NC(=O)c1ccc(C(=O)N/C(=C/c2ccccc2)C(=O)NCCC)cc1. The van der Waals surface area contributed by atoms with Crippen LogP contribution in [0.4, 0.5) is 0 Å². The van der Waals surface area contributed by atoms with E-state index < -0.39 is 23.6 Å². The summed E-state index contributed by atoms with van der Waals surface area (Å²) in [5, 5.41) is 10.9. The molecule has 3 aromatic carbocycles. The van der Waals surface area contributed by atoms with Crippen molar-refractivity contribution < 1.29 is 19.2 Å². The second-order valence-corrected chi connectivity index (χ2v) is 8.93. The topological polar surface area (TPSA) is 116 Å². The van der Waals surface area contributed by atoms with Crippen LogP contribution in [-0.2, 0) is 9.59 Å². The Labute approximate surface area is 234 Å². The summed E-state index contributed by atoms with van der Waals surface area (Å²) in [5.74, 6) is -1.78. The number of hydrogen-bond donors (Lipinski definition) is 4. The smallest absolute Gasteiger partial charge is 0.267 e. The molecule has 8 nitrogen and oxygen atoms in total. The summed E-state index contributed by atoms with van der Waals surface area (Å²) in [6.07, 6.45) is 4.72. The fraction of sp³-hybridized carbons (Fsp3) is 0.188. The molecule has 0 unspecified atom stereocenters. The maximum atomic E-state index is 13.0. The van der Waals surface area contributed by atoms with E-state index in [4.69, 9.17) is 0 Å². The van der Waals surface area contributed by atoms with Crippen LogP contribution in [0, 0.1) is 0 Å². The molecule has 4 N–H and O–H groups in total. The van der Waals surface area contributed by atoms with Crippen LogP contribution >= 0.6 is 0 Å². The van der Waals surface area contributed by atoms with Crippen molar-refractivity contribution in [2.24, 2.45) is 0 Å². The van der Waals surface area contributed by atoms with Crippen LogP contribution < -0.4 is 21.3 Å². The molecule has 4 amide bonds. The average molecular weight is 539 g/mol. The number of carbonyl (C=O) groups is 4. The normalized spacial score (nSPS) is 11.3. The summed E-state index contributed by atoms with van der Waals surface area (Å²) in [6, 6.07) is 24.4. The van der Waals surface area contributed by atoms with Gasteiger partial charge >= 0.3 is 0 Å². The first-order valence-corrected chi connectivity index (χ1v) is 13.2. The van der Waals surface area contributed by atoms with Crippen molar-refractivity contribution in [2.45, 2.75) is 26.7 Å². The number of amides is 4. The predicted octanol–water partition coefficient (Wildman–Crippen LogP) is 4.28. The Hall–Kier alpha value is -4.98. The molecule has 0 radical (unpaired) electrons. The number of nitrogens with one attached hydrogen (secondary N) is 4. The summed E-state index contributed by atoms with van der Waals surface area (Å²) in [4.78, 5) is 51.3. The maximum absolute atomic E-state index is 13.0. The molecule has 0 atom stereocenters. The van der Waals surface area contributed by atoms with E-state index in [9.17, 15) is 19.2 Å². The minimum atomic E-state index is -0.496. The quantitative estimate of drug-likeness (QED) is 0.258. The van der Waals surface area contributed by atoms with E-state index in [2.05, 4.69) is 21.3 Å². The Morgan fingerprint density at radius 1 is 0.550 bits per heavy atom. The molecule has 0 bridgehead atoms. The zero-order valence-electron chi connectivity index (χ0n) is 22.7. The molecule has 0 fully saturated rings. The van der Waals surface area contributed by atoms with Crippen molar-refractivity contribution >= 4 is 35.8 Å². The van der Waals surface area contributed by atoms with Gasteiger partial charge in [-0.05, 0) is 60.4 Å². The van der Waals surface area contributed by atoms with Crippen LogP contribution in [0.25, 0.3) is 12.2 Å². The first-order chi connectivity index (χ1) is 19.4. The van der Waals surface area contributed by atoms with Gasteiger partial charge in [0, 0.05) is 24.2 Å². The Morgan fingerprint density at radius 3 is 1.23 bits per heavy atom. The molecule has 3 aromatic rings. The zero-order valence-corrected chi connectivity index (χ0v) is 22.7. The Balaban J connectivity index is 1.75. The maximum Gasteiger partial charge on any atom is 0.267 e. The van der Waals surface area contributed by atoms with Gasteiger partial charge in [0.1, 0.15) is 11.4 Å². The number of rotatable bonds is 12.